The summed E-state index contributed by atoms with van der Waals surface area (Å²) in [6, 6.07) is 0. The molecule has 0 spiro atoms. The molecule has 0 aliphatic carbocycles. The first-order chi connectivity index (χ1) is 15.9. The van der Waals surface area contributed by atoms with Crippen LogP contribution in [-0.2, 0) is 9.53 Å². The van der Waals surface area contributed by atoms with Gasteiger partial charge in [0.15, 0.2) is 0 Å². The molecule has 0 saturated carbocycles. The Bertz CT molecular complexity index is 883. The fourth-order valence-electron chi connectivity index (χ4n) is 2.71. The van der Waals surface area contributed by atoms with Crippen molar-refractivity contribution < 1.29 is 14.6 Å². The molecule has 0 heterocycles. The van der Waals surface area contributed by atoms with E-state index in [2.05, 4.69) is 19.7 Å². The summed E-state index contributed by atoms with van der Waals surface area (Å²) in [4.78, 5) is 19.6. The van der Waals surface area contributed by atoms with Gasteiger partial charge < -0.3 is 14.7 Å². The normalized spacial score (nSPS) is 12.6. The van der Waals surface area contributed by atoms with Crippen molar-refractivity contribution in [1.82, 2.24) is 9.80 Å². The highest BCUT2D eigenvalue weighted by Gasteiger charge is 2.09. The first kappa shape index (κ1) is 30.9. The Balaban J connectivity index is 5.22. The minimum Gasteiger partial charge on any atom is -0.494 e. The van der Waals surface area contributed by atoms with Gasteiger partial charge in [-0.25, -0.2) is 0 Å². The van der Waals surface area contributed by atoms with Gasteiger partial charge in [0.05, 0.1) is 13.2 Å². The molecule has 0 fully saturated rings. The standard InChI is InChI=1S/C28H43N3O3/c1-11-25(19-31(13-3)20-28(32)33)18-26(12-2)34-17-16-27(21(4)5)29-24(8)22(6)14-15-23(7)30(9)10/h11-12,14-15,18H,1,6-7,13,16-17,19-20H2,2-5,8-10H3,(H,32,33)/b15-14-,25-18+,26-12+,29-24?. The summed E-state index contributed by atoms with van der Waals surface area (Å²) in [5.41, 5.74) is 5.54. The minimum absolute atomic E-state index is 0.0151. The van der Waals surface area contributed by atoms with Crippen LogP contribution < -0.4 is 0 Å². The highest BCUT2D eigenvalue weighted by Crippen LogP contribution is 2.15. The monoisotopic (exact) mass is 469 g/mol. The maximum absolute atomic E-state index is 11.0. The van der Waals surface area contributed by atoms with Crippen LogP contribution in [0.1, 0.15) is 41.0 Å². The number of allylic oxidation sites excluding steroid dienone is 6. The molecule has 0 aromatic heterocycles. The number of aliphatic carboxylic acids is 1. The van der Waals surface area contributed by atoms with E-state index in [0.717, 1.165) is 33.8 Å². The number of rotatable bonds is 16. The Labute approximate surface area is 206 Å². The van der Waals surface area contributed by atoms with Crippen molar-refractivity contribution in [2.24, 2.45) is 4.99 Å². The Morgan fingerprint density at radius 2 is 1.76 bits per heavy atom. The van der Waals surface area contributed by atoms with Crippen LogP contribution in [-0.4, -0.2) is 66.9 Å². The quantitative estimate of drug-likeness (QED) is 0.177. The number of hydrogen-bond donors (Lipinski definition) is 1. The fraction of sp³-hybridized carbons (Fsp3) is 0.429. The molecule has 0 unspecified atom stereocenters. The lowest BCUT2D eigenvalue weighted by molar-refractivity contribution is -0.138. The summed E-state index contributed by atoms with van der Waals surface area (Å²) < 4.78 is 5.99. The van der Waals surface area contributed by atoms with Crippen LogP contribution in [0, 0.1) is 0 Å². The third-order valence-corrected chi connectivity index (χ3v) is 5.09. The second-order valence-electron chi connectivity index (χ2n) is 8.30. The molecule has 6 nitrogen and oxygen atoms in total. The first-order valence-electron chi connectivity index (χ1n) is 11.5. The number of aliphatic imine (C=N–C) groups is 1. The van der Waals surface area contributed by atoms with Crippen LogP contribution in [0.2, 0.25) is 0 Å². The lowest BCUT2D eigenvalue weighted by atomic mass is 10.1. The molecule has 6 heteroatoms. The van der Waals surface area contributed by atoms with E-state index in [1.807, 2.05) is 82.8 Å². The summed E-state index contributed by atoms with van der Waals surface area (Å²) in [5.74, 6) is -0.136. The number of likely N-dealkylation sites (N-methyl/N-ethyl adjacent to an activating group) is 2. The van der Waals surface area contributed by atoms with Gasteiger partial charge in [-0.1, -0.05) is 44.4 Å². The number of hydrogen-bond acceptors (Lipinski definition) is 5. The van der Waals surface area contributed by atoms with Crippen molar-refractivity contribution in [3.63, 3.8) is 0 Å². The molecule has 0 bridgehead atoms. The van der Waals surface area contributed by atoms with Crippen molar-refractivity contribution in [3.05, 3.63) is 84.0 Å². The number of nitrogens with zero attached hydrogens (tertiary/aromatic N) is 3. The van der Waals surface area contributed by atoms with E-state index in [-0.39, 0.29) is 6.54 Å². The van der Waals surface area contributed by atoms with E-state index < -0.39 is 5.97 Å². The Morgan fingerprint density at radius 3 is 2.24 bits per heavy atom. The Morgan fingerprint density at radius 1 is 1.12 bits per heavy atom. The molecule has 188 valence electrons. The number of ether oxygens (including phenoxy) is 1. The van der Waals surface area contributed by atoms with Crippen molar-refractivity contribution >= 4 is 11.7 Å². The van der Waals surface area contributed by atoms with Crippen LogP contribution in [0.15, 0.2) is 89.0 Å². The lowest BCUT2D eigenvalue weighted by Crippen LogP contribution is -2.31. The van der Waals surface area contributed by atoms with Crippen molar-refractivity contribution in [1.29, 1.82) is 0 Å². The minimum atomic E-state index is -0.848. The number of carboxylic acid groups (broad SMARTS) is 1. The predicted octanol–water partition coefficient (Wildman–Crippen LogP) is 5.76. The van der Waals surface area contributed by atoms with Gasteiger partial charge in [0, 0.05) is 44.2 Å². The first-order valence-corrected chi connectivity index (χ1v) is 11.5. The van der Waals surface area contributed by atoms with Gasteiger partial charge in [-0.3, -0.25) is 14.7 Å². The molecule has 0 rings (SSSR count). The van der Waals surface area contributed by atoms with Crippen molar-refractivity contribution in [2.75, 3.05) is 40.3 Å². The molecule has 1 N–H and O–H groups in total. The zero-order valence-corrected chi connectivity index (χ0v) is 22.1. The topological polar surface area (TPSA) is 65.4 Å². The van der Waals surface area contributed by atoms with Crippen LogP contribution in [0.25, 0.3) is 0 Å². The third kappa shape index (κ3) is 12.8. The largest absolute Gasteiger partial charge is 0.494 e. The molecule has 0 aromatic carbocycles. The summed E-state index contributed by atoms with van der Waals surface area (Å²) in [6.07, 6.45) is 10.0. The second kappa shape index (κ2) is 16.5. The Kier molecular flexibility index (Phi) is 15.0. The van der Waals surface area contributed by atoms with Crippen LogP contribution >= 0.6 is 0 Å². The molecule has 0 amide bonds. The molecule has 34 heavy (non-hydrogen) atoms. The van der Waals surface area contributed by atoms with Crippen molar-refractivity contribution in [3.8, 4) is 0 Å². The van der Waals surface area contributed by atoms with E-state index in [1.54, 1.807) is 6.08 Å². The predicted molar refractivity (Wildman–Crippen MR) is 145 cm³/mol. The SMILES string of the molecule is C=C/C(=C\C(=C/C)OCCC(N=C(C)C(=C)/C=C\C(=C)N(C)C)=C(C)C)CN(CC)CC(=O)O. The maximum atomic E-state index is 11.0. The van der Waals surface area contributed by atoms with E-state index in [4.69, 9.17) is 14.8 Å². The van der Waals surface area contributed by atoms with E-state index >= 15 is 0 Å². The molecule has 0 atom stereocenters. The van der Waals surface area contributed by atoms with Gasteiger partial charge in [0.1, 0.15) is 5.76 Å². The van der Waals surface area contributed by atoms with Gasteiger partial charge in [-0.2, -0.15) is 0 Å². The van der Waals surface area contributed by atoms with Gasteiger partial charge in [0.2, 0.25) is 0 Å². The van der Waals surface area contributed by atoms with Crippen LogP contribution in [0.5, 0.6) is 0 Å². The molecular formula is C28H43N3O3. The highest BCUT2D eigenvalue weighted by atomic mass is 16.5. The van der Waals surface area contributed by atoms with Crippen molar-refractivity contribution in [2.45, 2.75) is 41.0 Å². The smallest absolute Gasteiger partial charge is 0.317 e. The molecule has 0 saturated heterocycles. The van der Waals surface area contributed by atoms with Gasteiger partial charge in [-0.05, 0) is 63.6 Å². The van der Waals surface area contributed by atoms with Gasteiger partial charge >= 0.3 is 5.97 Å². The molecule has 0 radical (unpaired) electrons. The van der Waals surface area contributed by atoms with Crippen LogP contribution in [0.3, 0.4) is 0 Å². The number of carbonyl (C=O) groups is 1. The number of carboxylic acids is 1. The summed E-state index contributed by atoms with van der Waals surface area (Å²) in [5, 5.41) is 9.06. The van der Waals surface area contributed by atoms with Gasteiger partial charge in [-0.15, -0.1) is 0 Å². The lowest BCUT2D eigenvalue weighted by Gasteiger charge is -2.19. The zero-order valence-electron chi connectivity index (χ0n) is 22.1. The molecule has 0 aromatic rings. The zero-order chi connectivity index (χ0) is 26.3. The fourth-order valence-corrected chi connectivity index (χ4v) is 2.71. The second-order valence-corrected chi connectivity index (χ2v) is 8.30. The summed E-state index contributed by atoms with van der Waals surface area (Å²) in [7, 11) is 3.89. The molecule has 0 aliphatic rings. The van der Waals surface area contributed by atoms with Crippen LogP contribution in [0.4, 0.5) is 0 Å². The maximum Gasteiger partial charge on any atom is 0.317 e. The third-order valence-electron chi connectivity index (χ3n) is 5.09. The molecule has 0 aliphatic heterocycles. The van der Waals surface area contributed by atoms with Gasteiger partial charge in [0.25, 0.3) is 0 Å². The van der Waals surface area contributed by atoms with E-state index in [0.29, 0.717) is 31.9 Å². The summed E-state index contributed by atoms with van der Waals surface area (Å²) in [6.45, 7) is 23.4. The highest BCUT2D eigenvalue weighted by molar-refractivity contribution is 6.00. The average molecular weight is 470 g/mol. The Hall–Kier alpha value is -3.12. The average Bonchev–Trinajstić information content (AvgIpc) is 2.78. The molecular weight excluding hydrogens is 426 g/mol. The van der Waals surface area contributed by atoms with E-state index in [9.17, 15) is 4.79 Å². The summed E-state index contributed by atoms with van der Waals surface area (Å²) >= 11 is 0. The van der Waals surface area contributed by atoms with E-state index in [1.165, 1.54) is 0 Å².